The molecule has 7 heteroatoms. The number of nitrogens with one attached hydrogen (secondary N) is 1. The number of para-hydroxylation sites is 2. The summed E-state index contributed by atoms with van der Waals surface area (Å²) < 4.78 is 5.78. The van der Waals surface area contributed by atoms with Crippen LogP contribution in [0.3, 0.4) is 0 Å². The van der Waals surface area contributed by atoms with Gasteiger partial charge in [-0.1, -0.05) is 29.8 Å². The Morgan fingerprint density at radius 1 is 1.07 bits per heavy atom. The molecular weight excluding hydrogens is 368 g/mol. The first-order valence-electron chi connectivity index (χ1n) is 8.00. The number of phenols is 2. The minimum Gasteiger partial charge on any atom is -0.508 e. The van der Waals surface area contributed by atoms with Crippen molar-refractivity contribution in [1.82, 2.24) is 0 Å². The maximum absolute atomic E-state index is 12.7. The lowest BCUT2D eigenvalue weighted by Crippen LogP contribution is -2.04. The minimum absolute atomic E-state index is 0.0172. The summed E-state index contributed by atoms with van der Waals surface area (Å²) in [7, 11) is 0. The van der Waals surface area contributed by atoms with E-state index in [0.717, 1.165) is 6.07 Å². The van der Waals surface area contributed by atoms with E-state index in [-0.39, 0.29) is 22.5 Å². The van der Waals surface area contributed by atoms with E-state index in [2.05, 4.69) is 10.5 Å². The summed E-state index contributed by atoms with van der Waals surface area (Å²) in [5.41, 5.74) is 4.01. The van der Waals surface area contributed by atoms with Crippen LogP contribution in [0.25, 0.3) is 21.9 Å². The first-order valence-corrected chi connectivity index (χ1v) is 8.37. The number of fused-ring (bicyclic) bond motifs is 2. The Labute approximate surface area is 157 Å². The van der Waals surface area contributed by atoms with E-state index in [1.807, 2.05) is 12.1 Å². The summed E-state index contributed by atoms with van der Waals surface area (Å²) in [5, 5.41) is 24.6. The molecule has 0 bridgehead atoms. The summed E-state index contributed by atoms with van der Waals surface area (Å²) in [4.78, 5) is 12.7. The van der Waals surface area contributed by atoms with Crippen molar-refractivity contribution in [3.8, 4) is 11.5 Å². The number of benzene rings is 3. The fraction of sp³-hybridized carbons (Fsp3) is 0. The molecule has 6 nitrogen and oxygen atoms in total. The van der Waals surface area contributed by atoms with Crippen molar-refractivity contribution in [1.29, 1.82) is 0 Å². The number of phenolic OH excluding ortho intramolecular Hbond substituents is 2. The molecule has 0 fully saturated rings. The van der Waals surface area contributed by atoms with Gasteiger partial charge >= 0.3 is 0 Å². The monoisotopic (exact) mass is 380 g/mol. The highest BCUT2D eigenvalue weighted by Crippen LogP contribution is 2.30. The van der Waals surface area contributed by atoms with Gasteiger partial charge in [0.25, 0.3) is 0 Å². The Kier molecular flexibility index (Phi) is 4.18. The largest absolute Gasteiger partial charge is 0.508 e. The molecule has 3 N–H and O–H groups in total. The molecule has 0 atom stereocenters. The predicted octanol–water partition coefficient (Wildman–Crippen LogP) is 4.46. The third kappa shape index (κ3) is 3.07. The van der Waals surface area contributed by atoms with Crippen LogP contribution >= 0.6 is 11.6 Å². The van der Waals surface area contributed by atoms with Gasteiger partial charge in [-0.05, 0) is 24.3 Å². The Balaban J connectivity index is 1.83. The van der Waals surface area contributed by atoms with Crippen molar-refractivity contribution in [2.75, 3.05) is 5.43 Å². The zero-order chi connectivity index (χ0) is 19.0. The van der Waals surface area contributed by atoms with Crippen molar-refractivity contribution in [3.05, 3.63) is 75.4 Å². The van der Waals surface area contributed by atoms with Gasteiger partial charge < -0.3 is 14.6 Å². The fourth-order valence-electron chi connectivity index (χ4n) is 2.81. The maximum atomic E-state index is 12.7. The van der Waals surface area contributed by atoms with Gasteiger partial charge in [-0.2, -0.15) is 5.10 Å². The van der Waals surface area contributed by atoms with Crippen LogP contribution in [0.4, 0.5) is 5.69 Å². The van der Waals surface area contributed by atoms with Crippen LogP contribution in [0.2, 0.25) is 5.02 Å². The van der Waals surface area contributed by atoms with E-state index in [1.165, 1.54) is 12.3 Å². The van der Waals surface area contributed by atoms with Crippen molar-refractivity contribution < 1.29 is 14.6 Å². The second-order valence-corrected chi connectivity index (χ2v) is 6.25. The second-order valence-electron chi connectivity index (χ2n) is 5.84. The van der Waals surface area contributed by atoms with Crippen LogP contribution in [-0.4, -0.2) is 16.4 Å². The lowest BCUT2D eigenvalue weighted by molar-refractivity contribution is 0.453. The molecule has 0 saturated heterocycles. The zero-order valence-electron chi connectivity index (χ0n) is 13.8. The standard InChI is InChI=1S/C20H13ClN2O4/c21-14-6-1-2-7-15(14)23-22-10-11-4-3-5-13-19(26)18-16(25)8-12(24)9-17(18)27-20(11)13/h1-10,23-25H/b22-10-. The number of hydrogen-bond donors (Lipinski definition) is 3. The number of hydrazone groups is 1. The van der Waals surface area contributed by atoms with Gasteiger partial charge in [0.2, 0.25) is 5.43 Å². The Bertz CT molecular complexity index is 1260. The van der Waals surface area contributed by atoms with E-state index in [1.54, 1.807) is 30.3 Å². The van der Waals surface area contributed by atoms with E-state index in [9.17, 15) is 15.0 Å². The number of rotatable bonds is 3. The number of hydrogen-bond acceptors (Lipinski definition) is 6. The average molecular weight is 381 g/mol. The zero-order valence-corrected chi connectivity index (χ0v) is 14.6. The van der Waals surface area contributed by atoms with E-state index in [4.69, 9.17) is 16.0 Å². The van der Waals surface area contributed by atoms with E-state index >= 15 is 0 Å². The van der Waals surface area contributed by atoms with Crippen molar-refractivity contribution in [2.24, 2.45) is 5.10 Å². The quantitative estimate of drug-likeness (QED) is 0.277. The molecule has 0 spiro atoms. The fourth-order valence-corrected chi connectivity index (χ4v) is 2.99. The first-order chi connectivity index (χ1) is 13.0. The molecule has 0 amide bonds. The SMILES string of the molecule is O=c1c2cccc(/C=N\Nc3ccccc3Cl)c2oc2cc(O)cc(O)c12. The van der Waals surface area contributed by atoms with Gasteiger partial charge in [-0.3, -0.25) is 10.2 Å². The third-order valence-corrected chi connectivity index (χ3v) is 4.39. The molecule has 27 heavy (non-hydrogen) atoms. The summed E-state index contributed by atoms with van der Waals surface area (Å²) in [6.07, 6.45) is 1.50. The highest BCUT2D eigenvalue weighted by Gasteiger charge is 2.14. The topological polar surface area (TPSA) is 95.1 Å². The van der Waals surface area contributed by atoms with E-state index < -0.39 is 5.43 Å². The summed E-state index contributed by atoms with van der Waals surface area (Å²) >= 11 is 6.07. The van der Waals surface area contributed by atoms with Crippen molar-refractivity contribution in [2.45, 2.75) is 0 Å². The predicted molar refractivity (Wildman–Crippen MR) is 106 cm³/mol. The molecule has 0 aliphatic rings. The number of halogens is 1. The summed E-state index contributed by atoms with van der Waals surface area (Å²) in [5.74, 6) is -0.533. The van der Waals surface area contributed by atoms with Crippen LogP contribution < -0.4 is 10.9 Å². The van der Waals surface area contributed by atoms with Crippen molar-refractivity contribution in [3.63, 3.8) is 0 Å². The van der Waals surface area contributed by atoms with Crippen LogP contribution in [0.15, 0.2) is 68.9 Å². The number of nitrogens with zero attached hydrogens (tertiary/aromatic N) is 1. The molecule has 0 aliphatic heterocycles. The Morgan fingerprint density at radius 2 is 1.89 bits per heavy atom. The number of anilines is 1. The molecule has 1 heterocycles. The first kappa shape index (κ1) is 16.9. The molecule has 3 aromatic carbocycles. The molecule has 4 rings (SSSR count). The molecule has 134 valence electrons. The lowest BCUT2D eigenvalue weighted by atomic mass is 10.1. The van der Waals surface area contributed by atoms with E-state index in [0.29, 0.717) is 27.2 Å². The smallest absolute Gasteiger partial charge is 0.204 e. The summed E-state index contributed by atoms with van der Waals surface area (Å²) in [6, 6.07) is 14.6. The lowest BCUT2D eigenvalue weighted by Gasteiger charge is -2.06. The summed E-state index contributed by atoms with van der Waals surface area (Å²) in [6.45, 7) is 0. The van der Waals surface area contributed by atoms with Crippen molar-refractivity contribution >= 4 is 45.4 Å². The minimum atomic E-state index is -0.391. The molecule has 1 aromatic heterocycles. The second kappa shape index (κ2) is 6.66. The third-order valence-electron chi connectivity index (χ3n) is 4.06. The molecule has 0 aliphatic carbocycles. The number of aromatic hydroxyl groups is 2. The van der Waals surface area contributed by atoms with Crippen LogP contribution in [0.5, 0.6) is 11.5 Å². The van der Waals surface area contributed by atoms with Crippen LogP contribution in [-0.2, 0) is 0 Å². The Hall–Kier alpha value is -3.51. The molecule has 0 radical (unpaired) electrons. The highest BCUT2D eigenvalue weighted by atomic mass is 35.5. The maximum Gasteiger partial charge on any atom is 0.204 e. The highest BCUT2D eigenvalue weighted by molar-refractivity contribution is 6.33. The molecule has 4 aromatic rings. The average Bonchev–Trinajstić information content (AvgIpc) is 2.63. The van der Waals surface area contributed by atoms with Gasteiger partial charge in [0.1, 0.15) is 28.1 Å². The van der Waals surface area contributed by atoms with Gasteiger partial charge in [0.05, 0.1) is 22.3 Å². The molecule has 0 saturated carbocycles. The van der Waals surface area contributed by atoms with Crippen LogP contribution in [0, 0.1) is 0 Å². The van der Waals surface area contributed by atoms with Gasteiger partial charge in [0.15, 0.2) is 0 Å². The van der Waals surface area contributed by atoms with Gasteiger partial charge in [0, 0.05) is 17.7 Å². The van der Waals surface area contributed by atoms with Gasteiger partial charge in [-0.15, -0.1) is 0 Å². The van der Waals surface area contributed by atoms with Crippen LogP contribution in [0.1, 0.15) is 5.56 Å². The van der Waals surface area contributed by atoms with Gasteiger partial charge in [-0.25, -0.2) is 0 Å². The Morgan fingerprint density at radius 3 is 2.70 bits per heavy atom. The normalized spacial score (nSPS) is 11.4. The molecular formula is C20H13ClN2O4. The molecule has 0 unspecified atom stereocenters.